The highest BCUT2D eigenvalue weighted by atomic mass is 32.2. The van der Waals surface area contributed by atoms with E-state index in [1.807, 2.05) is 11.8 Å². The molecule has 0 aliphatic heterocycles. The Balaban J connectivity index is 2.69. The fourth-order valence-electron chi connectivity index (χ4n) is 1.72. The third-order valence-corrected chi connectivity index (χ3v) is 3.73. The molecule has 0 N–H and O–H groups in total. The molecule has 0 aromatic carbocycles. The van der Waals surface area contributed by atoms with Gasteiger partial charge < -0.3 is 0 Å². The Kier molecular flexibility index (Phi) is 3.76. The topological polar surface area (TPSA) is 0 Å². The van der Waals surface area contributed by atoms with Gasteiger partial charge >= 0.3 is 0 Å². The Bertz CT molecular complexity index is 281. The molecule has 86 valence electrons. The van der Waals surface area contributed by atoms with Crippen LogP contribution in [0.25, 0.3) is 0 Å². The van der Waals surface area contributed by atoms with Crippen molar-refractivity contribution >= 4 is 11.8 Å². The second kappa shape index (κ2) is 4.37. The molecule has 1 rings (SSSR count). The van der Waals surface area contributed by atoms with Crippen LogP contribution in [-0.2, 0) is 0 Å². The summed E-state index contributed by atoms with van der Waals surface area (Å²) in [6.07, 6.45) is 7.11. The van der Waals surface area contributed by atoms with E-state index in [1.54, 1.807) is 5.57 Å². The zero-order valence-electron chi connectivity index (χ0n) is 11.0. The molecule has 0 spiro atoms. The van der Waals surface area contributed by atoms with Crippen LogP contribution in [0.1, 0.15) is 54.4 Å². The summed E-state index contributed by atoms with van der Waals surface area (Å²) in [5.41, 5.74) is 1.93. The number of hydrogen-bond acceptors (Lipinski definition) is 1. The molecule has 0 nitrogen and oxygen atoms in total. The molecule has 0 bridgehead atoms. The van der Waals surface area contributed by atoms with Gasteiger partial charge in [-0.3, -0.25) is 0 Å². The molecule has 1 heteroatoms. The standard InChI is InChI=1S/C14H24S/c1-13(2,3)11-7-9-12(10-8-11)15-14(4,5)6/h7,9H,8,10H2,1-6H3. The summed E-state index contributed by atoms with van der Waals surface area (Å²) in [7, 11) is 0. The molecule has 1 aliphatic rings. The first-order chi connectivity index (χ1) is 6.68. The highest BCUT2D eigenvalue weighted by molar-refractivity contribution is 8.04. The molecule has 0 saturated carbocycles. The maximum absolute atomic E-state index is 2.33. The van der Waals surface area contributed by atoms with E-state index in [0.29, 0.717) is 10.2 Å². The van der Waals surface area contributed by atoms with Crippen molar-refractivity contribution in [3.8, 4) is 0 Å². The van der Waals surface area contributed by atoms with Crippen LogP contribution in [0.2, 0.25) is 0 Å². The largest absolute Gasteiger partial charge is 0.125 e. The van der Waals surface area contributed by atoms with Gasteiger partial charge in [0, 0.05) is 4.75 Å². The SMILES string of the molecule is CC(C)(C)SC1=CC=C(C(C)(C)C)CC1. The van der Waals surface area contributed by atoms with Crippen molar-refractivity contribution in [1.82, 2.24) is 0 Å². The van der Waals surface area contributed by atoms with Gasteiger partial charge in [-0.15, -0.1) is 11.8 Å². The molecule has 0 aromatic heterocycles. The molecule has 0 fully saturated rings. The lowest BCUT2D eigenvalue weighted by Crippen LogP contribution is -2.13. The highest BCUT2D eigenvalue weighted by Gasteiger charge is 2.21. The van der Waals surface area contributed by atoms with Crippen LogP contribution in [0, 0.1) is 5.41 Å². The van der Waals surface area contributed by atoms with Crippen LogP contribution in [0.4, 0.5) is 0 Å². The van der Waals surface area contributed by atoms with Crippen LogP contribution in [0.3, 0.4) is 0 Å². The minimum atomic E-state index is 0.342. The first kappa shape index (κ1) is 12.9. The lowest BCUT2D eigenvalue weighted by molar-refractivity contribution is 0.481. The van der Waals surface area contributed by atoms with Gasteiger partial charge in [0.05, 0.1) is 0 Å². The van der Waals surface area contributed by atoms with Gasteiger partial charge in [-0.1, -0.05) is 59.3 Å². The Morgan fingerprint density at radius 1 is 0.933 bits per heavy atom. The van der Waals surface area contributed by atoms with Crippen LogP contribution < -0.4 is 0 Å². The van der Waals surface area contributed by atoms with Gasteiger partial charge in [0.15, 0.2) is 0 Å². The van der Waals surface area contributed by atoms with Gasteiger partial charge in [0.25, 0.3) is 0 Å². The highest BCUT2D eigenvalue weighted by Crippen LogP contribution is 2.39. The summed E-state index contributed by atoms with van der Waals surface area (Å²) in [6, 6.07) is 0. The minimum Gasteiger partial charge on any atom is -0.125 e. The molecule has 0 aromatic rings. The molecule has 0 unspecified atom stereocenters. The maximum Gasteiger partial charge on any atom is 0.0119 e. The van der Waals surface area contributed by atoms with Gasteiger partial charge in [0.1, 0.15) is 0 Å². The van der Waals surface area contributed by atoms with Crippen molar-refractivity contribution in [3.05, 3.63) is 22.6 Å². The third-order valence-electron chi connectivity index (χ3n) is 2.51. The van der Waals surface area contributed by atoms with Crippen LogP contribution in [0.5, 0.6) is 0 Å². The summed E-state index contributed by atoms with van der Waals surface area (Å²) in [4.78, 5) is 1.54. The van der Waals surface area contributed by atoms with Crippen molar-refractivity contribution in [2.45, 2.75) is 59.1 Å². The van der Waals surface area contributed by atoms with E-state index in [-0.39, 0.29) is 0 Å². The Morgan fingerprint density at radius 2 is 1.53 bits per heavy atom. The van der Waals surface area contributed by atoms with E-state index in [2.05, 4.69) is 53.7 Å². The number of thioether (sulfide) groups is 1. The smallest absolute Gasteiger partial charge is 0.0119 e. The lowest BCUT2D eigenvalue weighted by atomic mass is 9.82. The first-order valence-corrected chi connectivity index (χ1v) is 6.59. The number of rotatable bonds is 1. The summed E-state index contributed by atoms with van der Waals surface area (Å²) in [5, 5.41) is 0. The Hall–Kier alpha value is -0.170. The monoisotopic (exact) mass is 224 g/mol. The van der Waals surface area contributed by atoms with E-state index in [0.717, 1.165) is 0 Å². The van der Waals surface area contributed by atoms with Crippen molar-refractivity contribution in [1.29, 1.82) is 0 Å². The van der Waals surface area contributed by atoms with E-state index in [4.69, 9.17) is 0 Å². The third kappa shape index (κ3) is 4.46. The van der Waals surface area contributed by atoms with Gasteiger partial charge in [-0.25, -0.2) is 0 Å². The molecule has 0 radical (unpaired) electrons. The van der Waals surface area contributed by atoms with Gasteiger partial charge in [-0.2, -0.15) is 0 Å². The quantitative estimate of drug-likeness (QED) is 0.592. The molecule has 15 heavy (non-hydrogen) atoms. The average molecular weight is 224 g/mol. The van der Waals surface area contributed by atoms with E-state index >= 15 is 0 Å². The maximum atomic E-state index is 2.33. The van der Waals surface area contributed by atoms with E-state index in [9.17, 15) is 0 Å². The fraction of sp³-hybridized carbons (Fsp3) is 0.714. The second-order valence-corrected chi connectivity index (χ2v) is 8.24. The molecular formula is C14H24S. The predicted octanol–water partition coefficient (Wildman–Crippen LogP) is 5.17. The summed E-state index contributed by atoms with van der Waals surface area (Å²) >= 11 is 2.01. The van der Waals surface area contributed by atoms with Crippen molar-refractivity contribution in [3.63, 3.8) is 0 Å². The Morgan fingerprint density at radius 3 is 1.87 bits per heavy atom. The fourth-order valence-corrected chi connectivity index (χ4v) is 2.85. The lowest BCUT2D eigenvalue weighted by Gasteiger charge is -2.27. The molecule has 0 amide bonds. The number of hydrogen-bond donors (Lipinski definition) is 0. The van der Waals surface area contributed by atoms with E-state index < -0.39 is 0 Å². The molecule has 0 atom stereocenters. The minimum absolute atomic E-state index is 0.342. The zero-order chi connectivity index (χ0) is 11.7. The summed E-state index contributed by atoms with van der Waals surface area (Å²) in [5.74, 6) is 0. The first-order valence-electron chi connectivity index (χ1n) is 5.78. The second-order valence-electron chi connectivity index (χ2n) is 6.29. The zero-order valence-corrected chi connectivity index (χ0v) is 11.8. The molecule has 0 saturated heterocycles. The Labute approximate surface area is 99.2 Å². The predicted molar refractivity (Wildman–Crippen MR) is 72.2 cm³/mol. The van der Waals surface area contributed by atoms with Crippen LogP contribution in [-0.4, -0.2) is 4.75 Å². The van der Waals surface area contributed by atoms with E-state index in [1.165, 1.54) is 17.7 Å². The van der Waals surface area contributed by atoms with Crippen LogP contribution in [0.15, 0.2) is 22.6 Å². The van der Waals surface area contributed by atoms with Gasteiger partial charge in [-0.05, 0) is 23.2 Å². The van der Waals surface area contributed by atoms with Crippen molar-refractivity contribution < 1.29 is 0 Å². The van der Waals surface area contributed by atoms with Crippen molar-refractivity contribution in [2.24, 2.45) is 5.41 Å². The van der Waals surface area contributed by atoms with Crippen molar-refractivity contribution in [2.75, 3.05) is 0 Å². The van der Waals surface area contributed by atoms with Crippen LogP contribution >= 0.6 is 11.8 Å². The molecule has 1 aliphatic carbocycles. The average Bonchev–Trinajstić information content (AvgIpc) is 2.00. The summed E-state index contributed by atoms with van der Waals surface area (Å²) < 4.78 is 0.346. The molecule has 0 heterocycles. The summed E-state index contributed by atoms with van der Waals surface area (Å²) in [6.45, 7) is 13.7. The van der Waals surface area contributed by atoms with Gasteiger partial charge in [0.2, 0.25) is 0 Å². The normalized spacial score (nSPS) is 18.5. The number of allylic oxidation sites excluding steroid dienone is 4. The molecular weight excluding hydrogens is 200 g/mol.